The molecular weight excluding hydrogens is 312 g/mol. The van der Waals surface area contributed by atoms with Crippen LogP contribution < -0.4 is 5.32 Å². The molecule has 5 nitrogen and oxygen atoms in total. The molecule has 2 aliphatic rings. The van der Waals surface area contributed by atoms with E-state index in [0.717, 1.165) is 29.2 Å². The number of amides is 2. The predicted octanol–water partition coefficient (Wildman–Crippen LogP) is 1.75. The summed E-state index contributed by atoms with van der Waals surface area (Å²) in [6.45, 7) is 1.14. The number of carbonyl (C=O) groups is 2. The molecule has 1 atom stereocenters. The first-order chi connectivity index (χ1) is 10.1. The van der Waals surface area contributed by atoms with Gasteiger partial charge >= 0.3 is 0 Å². The predicted molar refractivity (Wildman–Crippen MR) is 80.5 cm³/mol. The molecule has 1 aromatic rings. The molecule has 1 aliphatic carbocycles. The Kier molecular flexibility index (Phi) is 4.47. The van der Waals surface area contributed by atoms with Crippen molar-refractivity contribution in [3.8, 4) is 0 Å². The van der Waals surface area contributed by atoms with E-state index in [1.807, 2.05) is 6.07 Å². The summed E-state index contributed by atoms with van der Waals surface area (Å²) in [4.78, 5) is 26.6. The van der Waals surface area contributed by atoms with Gasteiger partial charge in [-0.25, -0.2) is 0 Å². The van der Waals surface area contributed by atoms with E-state index in [9.17, 15) is 9.59 Å². The molecule has 2 heterocycles. The Morgan fingerprint density at radius 2 is 2.43 bits per heavy atom. The second-order valence-corrected chi connectivity index (χ2v) is 7.08. The highest BCUT2D eigenvalue weighted by Crippen LogP contribution is 2.37. The van der Waals surface area contributed by atoms with Crippen molar-refractivity contribution in [1.82, 2.24) is 10.2 Å². The summed E-state index contributed by atoms with van der Waals surface area (Å²) in [6.07, 6.45) is 3.00. The van der Waals surface area contributed by atoms with Crippen molar-refractivity contribution in [1.29, 1.82) is 0 Å². The number of nitrogens with one attached hydrogen (secondary N) is 1. The van der Waals surface area contributed by atoms with Crippen molar-refractivity contribution in [2.45, 2.75) is 25.3 Å². The van der Waals surface area contributed by atoms with Crippen molar-refractivity contribution in [2.75, 3.05) is 26.3 Å². The van der Waals surface area contributed by atoms with Gasteiger partial charge in [0, 0.05) is 11.4 Å². The number of nitrogens with zero attached hydrogens (tertiary/aromatic N) is 1. The molecule has 2 amide bonds. The molecule has 114 valence electrons. The van der Waals surface area contributed by atoms with Gasteiger partial charge in [0.1, 0.15) is 6.61 Å². The highest BCUT2D eigenvalue weighted by Gasteiger charge is 2.26. The van der Waals surface area contributed by atoms with Crippen LogP contribution in [-0.4, -0.2) is 43.0 Å². The summed E-state index contributed by atoms with van der Waals surface area (Å²) >= 11 is 7.66. The van der Waals surface area contributed by atoms with Gasteiger partial charge in [0.25, 0.3) is 0 Å². The quantitative estimate of drug-likeness (QED) is 0.919. The van der Waals surface area contributed by atoms with Crippen LogP contribution in [0.25, 0.3) is 0 Å². The number of carbonyl (C=O) groups excluding carboxylic acids is 2. The van der Waals surface area contributed by atoms with Gasteiger partial charge in [0.2, 0.25) is 11.8 Å². The molecule has 0 radical (unpaired) electrons. The van der Waals surface area contributed by atoms with Crippen molar-refractivity contribution in [2.24, 2.45) is 0 Å². The molecule has 1 fully saturated rings. The average molecular weight is 329 g/mol. The van der Waals surface area contributed by atoms with Crippen molar-refractivity contribution in [3.63, 3.8) is 0 Å². The summed E-state index contributed by atoms with van der Waals surface area (Å²) in [6, 6.07) is 1.96. The maximum absolute atomic E-state index is 12.2. The molecule has 1 saturated heterocycles. The molecule has 0 saturated carbocycles. The Balaban J connectivity index is 1.61. The third-order valence-corrected chi connectivity index (χ3v) is 5.18. The number of fused-ring (bicyclic) bond motifs is 1. The van der Waals surface area contributed by atoms with Crippen LogP contribution >= 0.6 is 22.9 Å². The fourth-order valence-electron chi connectivity index (χ4n) is 2.80. The smallest absolute Gasteiger partial charge is 0.249 e. The van der Waals surface area contributed by atoms with Gasteiger partial charge in [0.05, 0.1) is 23.5 Å². The van der Waals surface area contributed by atoms with Crippen molar-refractivity contribution < 1.29 is 14.3 Å². The lowest BCUT2D eigenvalue weighted by Gasteiger charge is -2.28. The Morgan fingerprint density at radius 3 is 3.24 bits per heavy atom. The molecule has 1 unspecified atom stereocenters. The van der Waals surface area contributed by atoms with E-state index < -0.39 is 0 Å². The molecule has 1 N–H and O–H groups in total. The molecule has 0 aromatic carbocycles. The molecule has 0 bridgehead atoms. The Hall–Kier alpha value is -1.11. The lowest BCUT2D eigenvalue weighted by atomic mass is 9.94. The summed E-state index contributed by atoms with van der Waals surface area (Å²) in [5.41, 5.74) is 1.14. The lowest BCUT2D eigenvalue weighted by Crippen LogP contribution is -2.47. The van der Waals surface area contributed by atoms with Crippen LogP contribution in [-0.2, 0) is 20.7 Å². The zero-order valence-electron chi connectivity index (χ0n) is 11.6. The number of hydrogen-bond acceptors (Lipinski definition) is 4. The fourth-order valence-corrected chi connectivity index (χ4v) is 4.19. The second kappa shape index (κ2) is 6.34. The van der Waals surface area contributed by atoms with E-state index in [2.05, 4.69) is 5.32 Å². The normalized spacial score (nSPS) is 22.0. The molecule has 3 rings (SSSR count). The number of ether oxygens (including phenoxy) is 1. The monoisotopic (exact) mass is 328 g/mol. The van der Waals surface area contributed by atoms with E-state index in [0.29, 0.717) is 13.2 Å². The average Bonchev–Trinajstić information content (AvgIpc) is 2.83. The van der Waals surface area contributed by atoms with Crippen LogP contribution in [0.3, 0.4) is 0 Å². The first-order valence-electron chi connectivity index (χ1n) is 7.06. The first-order valence-corrected chi connectivity index (χ1v) is 8.26. The van der Waals surface area contributed by atoms with Gasteiger partial charge in [-0.1, -0.05) is 11.6 Å². The fraction of sp³-hybridized carbons (Fsp3) is 0.571. The first kappa shape index (κ1) is 14.8. The topological polar surface area (TPSA) is 58.6 Å². The lowest BCUT2D eigenvalue weighted by molar-refractivity contribution is -0.146. The second-order valence-electron chi connectivity index (χ2n) is 5.31. The highest BCUT2D eigenvalue weighted by atomic mass is 35.5. The van der Waals surface area contributed by atoms with Crippen LogP contribution in [0.2, 0.25) is 4.34 Å². The number of halogens is 1. The molecule has 21 heavy (non-hydrogen) atoms. The highest BCUT2D eigenvalue weighted by molar-refractivity contribution is 7.16. The molecule has 1 aromatic heterocycles. The van der Waals surface area contributed by atoms with E-state index in [1.165, 1.54) is 4.88 Å². The molecular formula is C14H17ClN2O3S. The standard InChI is InChI=1S/C14H17ClN2O3S/c15-12-6-9-10(2-1-3-11(9)21-12)16-13(18)7-17-4-5-20-8-14(17)19/h6,10H,1-5,7-8H2,(H,16,18). The number of morpholine rings is 1. The minimum absolute atomic E-state index is 0.0149. The molecule has 7 heteroatoms. The summed E-state index contributed by atoms with van der Waals surface area (Å²) in [5.74, 6) is -0.246. The van der Waals surface area contributed by atoms with Gasteiger partial charge in [-0.2, -0.15) is 0 Å². The van der Waals surface area contributed by atoms with E-state index in [1.54, 1.807) is 16.2 Å². The SMILES string of the molecule is O=C(CN1CCOCC1=O)NC1CCCc2sc(Cl)cc21. The van der Waals surface area contributed by atoms with Gasteiger partial charge in [-0.05, 0) is 30.9 Å². The maximum Gasteiger partial charge on any atom is 0.249 e. The Morgan fingerprint density at radius 1 is 1.57 bits per heavy atom. The Labute approximate surface area is 132 Å². The van der Waals surface area contributed by atoms with Crippen LogP contribution in [0.15, 0.2) is 6.07 Å². The maximum atomic E-state index is 12.2. The number of thiophene rings is 1. The third kappa shape index (κ3) is 3.39. The van der Waals surface area contributed by atoms with Crippen LogP contribution in [0, 0.1) is 0 Å². The number of rotatable bonds is 3. The zero-order chi connectivity index (χ0) is 14.8. The Bertz CT molecular complexity index is 560. The number of hydrogen-bond donors (Lipinski definition) is 1. The van der Waals surface area contributed by atoms with Crippen molar-refractivity contribution in [3.05, 3.63) is 20.8 Å². The summed E-state index contributed by atoms with van der Waals surface area (Å²) in [7, 11) is 0. The number of aryl methyl sites for hydroxylation is 1. The zero-order valence-corrected chi connectivity index (χ0v) is 13.1. The van der Waals surface area contributed by atoms with Gasteiger partial charge < -0.3 is 15.0 Å². The largest absolute Gasteiger partial charge is 0.370 e. The minimum Gasteiger partial charge on any atom is -0.370 e. The third-order valence-electron chi connectivity index (χ3n) is 3.84. The minimum atomic E-state index is -0.126. The van der Waals surface area contributed by atoms with Gasteiger partial charge in [-0.15, -0.1) is 11.3 Å². The van der Waals surface area contributed by atoms with Crippen molar-refractivity contribution >= 4 is 34.8 Å². The van der Waals surface area contributed by atoms with E-state index in [-0.39, 0.29) is 31.0 Å². The summed E-state index contributed by atoms with van der Waals surface area (Å²) in [5, 5.41) is 3.03. The van der Waals surface area contributed by atoms with E-state index in [4.69, 9.17) is 16.3 Å². The van der Waals surface area contributed by atoms with Gasteiger partial charge in [0.15, 0.2) is 0 Å². The van der Waals surface area contributed by atoms with Gasteiger partial charge in [-0.3, -0.25) is 9.59 Å². The van der Waals surface area contributed by atoms with E-state index >= 15 is 0 Å². The van der Waals surface area contributed by atoms with Crippen LogP contribution in [0.4, 0.5) is 0 Å². The summed E-state index contributed by atoms with van der Waals surface area (Å²) < 4.78 is 5.82. The van der Waals surface area contributed by atoms with Crippen LogP contribution in [0.1, 0.15) is 29.3 Å². The molecule has 1 aliphatic heterocycles. The molecule has 0 spiro atoms. The van der Waals surface area contributed by atoms with Crippen LogP contribution in [0.5, 0.6) is 0 Å².